The molecule has 0 spiro atoms. The summed E-state index contributed by atoms with van der Waals surface area (Å²) in [4.78, 5) is 10.4. The van der Waals surface area contributed by atoms with Crippen molar-refractivity contribution in [2.75, 3.05) is 7.11 Å². The summed E-state index contributed by atoms with van der Waals surface area (Å²) in [6.07, 6.45) is 0.896. The normalized spacial score (nSPS) is 10.4. The van der Waals surface area contributed by atoms with E-state index >= 15 is 0 Å². The second kappa shape index (κ2) is 6.05. The fourth-order valence-corrected chi connectivity index (χ4v) is 1.69. The summed E-state index contributed by atoms with van der Waals surface area (Å²) in [5.74, 6) is 0.125. The van der Waals surface area contributed by atoms with Crippen LogP contribution in [0.2, 0.25) is 0 Å². The van der Waals surface area contributed by atoms with Crippen LogP contribution < -0.4 is 4.74 Å². The average Bonchev–Trinajstić information content (AvgIpc) is 2.87. The van der Waals surface area contributed by atoms with Gasteiger partial charge in [-0.05, 0) is 24.6 Å². The molecule has 2 N–H and O–H groups in total. The molecule has 1 aromatic heterocycles. The van der Waals surface area contributed by atoms with Gasteiger partial charge in [-0.15, -0.1) is 10.2 Å². The van der Waals surface area contributed by atoms with Crippen LogP contribution in [0.5, 0.6) is 11.5 Å². The Balaban J connectivity index is 2.08. The lowest BCUT2D eigenvalue weighted by Crippen LogP contribution is -1.95. The van der Waals surface area contributed by atoms with E-state index in [1.165, 1.54) is 13.2 Å². The fourth-order valence-electron chi connectivity index (χ4n) is 1.69. The first-order chi connectivity index (χ1) is 9.60. The van der Waals surface area contributed by atoms with Gasteiger partial charge in [0.15, 0.2) is 11.5 Å². The maximum atomic E-state index is 10.4. The van der Waals surface area contributed by atoms with Crippen LogP contribution in [0.25, 0.3) is 11.5 Å². The zero-order valence-electron chi connectivity index (χ0n) is 10.9. The molecule has 0 fully saturated rings. The van der Waals surface area contributed by atoms with Gasteiger partial charge in [0.25, 0.3) is 0 Å². The third-order valence-electron chi connectivity index (χ3n) is 2.67. The number of aromatic hydroxyl groups is 1. The first-order valence-corrected chi connectivity index (χ1v) is 6.01. The maximum absolute atomic E-state index is 10.4. The molecule has 0 aliphatic carbocycles. The predicted molar refractivity (Wildman–Crippen MR) is 68.5 cm³/mol. The number of hydrogen-bond donors (Lipinski definition) is 2. The number of nitrogens with zero attached hydrogens (tertiary/aromatic N) is 2. The van der Waals surface area contributed by atoms with Crippen LogP contribution >= 0.6 is 0 Å². The molecule has 7 nitrogen and oxygen atoms in total. The molecule has 0 amide bonds. The lowest BCUT2D eigenvalue weighted by atomic mass is 10.2. The van der Waals surface area contributed by atoms with Gasteiger partial charge in [-0.1, -0.05) is 0 Å². The first-order valence-electron chi connectivity index (χ1n) is 6.01. The van der Waals surface area contributed by atoms with Gasteiger partial charge in [0.05, 0.1) is 7.11 Å². The molecule has 0 aliphatic rings. The fraction of sp³-hybridized carbons (Fsp3) is 0.308. The lowest BCUT2D eigenvalue weighted by molar-refractivity contribution is -0.137. The van der Waals surface area contributed by atoms with Gasteiger partial charge in [-0.25, -0.2) is 0 Å². The molecule has 0 saturated heterocycles. The average molecular weight is 278 g/mol. The molecule has 1 aromatic carbocycles. The number of carboxylic acid groups (broad SMARTS) is 1. The summed E-state index contributed by atoms with van der Waals surface area (Å²) >= 11 is 0. The Kier molecular flexibility index (Phi) is 4.19. The van der Waals surface area contributed by atoms with Crippen molar-refractivity contribution in [3.8, 4) is 23.0 Å². The van der Waals surface area contributed by atoms with E-state index in [-0.39, 0.29) is 18.1 Å². The molecular formula is C13H14N2O5. The van der Waals surface area contributed by atoms with E-state index in [2.05, 4.69) is 10.2 Å². The summed E-state index contributed by atoms with van der Waals surface area (Å²) in [6, 6.07) is 4.75. The third-order valence-corrected chi connectivity index (χ3v) is 2.67. The topological polar surface area (TPSA) is 106 Å². The van der Waals surface area contributed by atoms with Crippen LogP contribution in [0.15, 0.2) is 22.6 Å². The molecule has 0 radical (unpaired) electrons. The number of phenolic OH excluding ortho intramolecular Hbond substituents is 1. The predicted octanol–water partition coefficient (Wildman–Crippen LogP) is 1.86. The first kappa shape index (κ1) is 13.9. The van der Waals surface area contributed by atoms with Crippen LogP contribution in [0.3, 0.4) is 0 Å². The van der Waals surface area contributed by atoms with E-state index in [0.717, 1.165) is 0 Å². The van der Waals surface area contributed by atoms with Crippen LogP contribution in [-0.4, -0.2) is 33.5 Å². The van der Waals surface area contributed by atoms with Gasteiger partial charge in [-0.2, -0.15) is 0 Å². The van der Waals surface area contributed by atoms with Crippen molar-refractivity contribution < 1.29 is 24.2 Å². The third kappa shape index (κ3) is 3.25. The minimum Gasteiger partial charge on any atom is -0.504 e. The highest BCUT2D eigenvalue weighted by Crippen LogP contribution is 2.30. The van der Waals surface area contributed by atoms with Crippen molar-refractivity contribution in [2.24, 2.45) is 0 Å². The molecule has 20 heavy (non-hydrogen) atoms. The number of aryl methyl sites for hydroxylation is 1. The Morgan fingerprint density at radius 2 is 2.20 bits per heavy atom. The van der Waals surface area contributed by atoms with E-state index in [0.29, 0.717) is 30.0 Å². The van der Waals surface area contributed by atoms with Gasteiger partial charge < -0.3 is 19.4 Å². The number of ether oxygens (including phenoxy) is 1. The van der Waals surface area contributed by atoms with E-state index in [9.17, 15) is 9.90 Å². The van der Waals surface area contributed by atoms with Crippen LogP contribution in [0, 0.1) is 0 Å². The van der Waals surface area contributed by atoms with Crippen molar-refractivity contribution in [1.29, 1.82) is 0 Å². The van der Waals surface area contributed by atoms with Crippen LogP contribution in [-0.2, 0) is 11.2 Å². The molecule has 0 unspecified atom stereocenters. The maximum Gasteiger partial charge on any atom is 0.303 e. The van der Waals surface area contributed by atoms with Gasteiger partial charge in [0.1, 0.15) is 0 Å². The second-order valence-corrected chi connectivity index (χ2v) is 4.13. The number of carbonyl (C=O) groups is 1. The smallest absolute Gasteiger partial charge is 0.303 e. The highest BCUT2D eigenvalue weighted by molar-refractivity contribution is 5.66. The molecule has 2 aromatic rings. The zero-order valence-corrected chi connectivity index (χ0v) is 10.9. The minimum atomic E-state index is -0.857. The quantitative estimate of drug-likeness (QED) is 0.830. The largest absolute Gasteiger partial charge is 0.504 e. The van der Waals surface area contributed by atoms with Crippen molar-refractivity contribution in [3.05, 3.63) is 24.1 Å². The summed E-state index contributed by atoms with van der Waals surface area (Å²) in [6.45, 7) is 0. The minimum absolute atomic E-state index is 0.0179. The number of aromatic nitrogens is 2. The summed E-state index contributed by atoms with van der Waals surface area (Å²) < 4.78 is 10.4. The van der Waals surface area contributed by atoms with Crippen molar-refractivity contribution in [3.63, 3.8) is 0 Å². The van der Waals surface area contributed by atoms with Gasteiger partial charge in [0, 0.05) is 18.4 Å². The van der Waals surface area contributed by atoms with Gasteiger partial charge >= 0.3 is 5.97 Å². The molecule has 0 bridgehead atoms. The molecule has 0 aliphatic heterocycles. The highest BCUT2D eigenvalue weighted by Gasteiger charge is 2.11. The Hall–Kier alpha value is -2.57. The van der Waals surface area contributed by atoms with Crippen molar-refractivity contribution in [2.45, 2.75) is 19.3 Å². The Morgan fingerprint density at radius 1 is 1.40 bits per heavy atom. The van der Waals surface area contributed by atoms with E-state index in [1.807, 2.05) is 0 Å². The standard InChI is InChI=1S/C13H14N2O5/c1-19-10-6-5-8(7-9(10)16)13-15-14-11(20-13)3-2-4-12(17)18/h5-7,16H,2-4H2,1H3,(H,17,18). The highest BCUT2D eigenvalue weighted by atomic mass is 16.5. The van der Waals surface area contributed by atoms with Crippen molar-refractivity contribution >= 4 is 5.97 Å². The van der Waals surface area contributed by atoms with E-state index in [1.54, 1.807) is 12.1 Å². The van der Waals surface area contributed by atoms with E-state index in [4.69, 9.17) is 14.3 Å². The van der Waals surface area contributed by atoms with Crippen molar-refractivity contribution in [1.82, 2.24) is 10.2 Å². The number of methoxy groups -OCH3 is 1. The lowest BCUT2D eigenvalue weighted by Gasteiger charge is -2.03. The Morgan fingerprint density at radius 3 is 2.85 bits per heavy atom. The monoisotopic (exact) mass is 278 g/mol. The number of phenols is 1. The number of aliphatic carboxylic acids is 1. The molecule has 106 valence electrons. The Labute approximate surface area is 114 Å². The number of rotatable bonds is 6. The molecule has 0 saturated carbocycles. The summed E-state index contributed by atoms with van der Waals surface area (Å²) in [5, 5.41) is 25.9. The molecule has 0 atom stereocenters. The summed E-state index contributed by atoms with van der Waals surface area (Å²) in [7, 11) is 1.46. The number of hydrogen-bond acceptors (Lipinski definition) is 6. The number of carboxylic acids is 1. The number of benzene rings is 1. The van der Waals surface area contributed by atoms with Gasteiger partial charge in [-0.3, -0.25) is 4.79 Å². The van der Waals surface area contributed by atoms with E-state index < -0.39 is 5.97 Å². The zero-order chi connectivity index (χ0) is 14.5. The molecule has 7 heteroatoms. The molecule has 2 rings (SSSR count). The Bertz CT molecular complexity index is 609. The summed E-state index contributed by atoms with van der Waals surface area (Å²) in [5.41, 5.74) is 0.570. The molecule has 1 heterocycles. The van der Waals surface area contributed by atoms with Gasteiger partial charge in [0.2, 0.25) is 11.8 Å². The van der Waals surface area contributed by atoms with Crippen LogP contribution in [0.1, 0.15) is 18.7 Å². The molecular weight excluding hydrogens is 264 g/mol. The SMILES string of the molecule is COc1ccc(-c2nnc(CCCC(=O)O)o2)cc1O. The second-order valence-electron chi connectivity index (χ2n) is 4.13. The van der Waals surface area contributed by atoms with Crippen LogP contribution in [0.4, 0.5) is 0 Å².